The molecule has 1 rings (SSSR count). The van der Waals surface area contributed by atoms with Gasteiger partial charge >= 0.3 is 0 Å². The Morgan fingerprint density at radius 2 is 2.31 bits per heavy atom. The van der Waals surface area contributed by atoms with Crippen molar-refractivity contribution in [3.63, 3.8) is 0 Å². The summed E-state index contributed by atoms with van der Waals surface area (Å²) in [6.45, 7) is 6.98. The van der Waals surface area contributed by atoms with Gasteiger partial charge in [0.1, 0.15) is 0 Å². The van der Waals surface area contributed by atoms with Gasteiger partial charge in [-0.2, -0.15) is 0 Å². The third-order valence-corrected chi connectivity index (χ3v) is 2.74. The lowest BCUT2D eigenvalue weighted by Crippen LogP contribution is -2.43. The number of carbonyl (C=O) groups excluding carboxylic acids is 1. The molecule has 0 saturated carbocycles. The van der Waals surface area contributed by atoms with Crippen LogP contribution in [0.15, 0.2) is 0 Å². The highest BCUT2D eigenvalue weighted by atomic mass is 35.5. The third kappa shape index (κ3) is 5.68. The summed E-state index contributed by atoms with van der Waals surface area (Å²) in [5.41, 5.74) is 0. The Kier molecular flexibility index (Phi) is 8.61. The van der Waals surface area contributed by atoms with Crippen molar-refractivity contribution >= 4 is 18.3 Å². The molecule has 16 heavy (non-hydrogen) atoms. The first kappa shape index (κ1) is 15.7. The number of hydrogen-bond acceptors (Lipinski definition) is 3. The quantitative estimate of drug-likeness (QED) is 0.715. The first-order valence-corrected chi connectivity index (χ1v) is 5.83. The number of halogens is 1. The Bertz CT molecular complexity index is 202. The van der Waals surface area contributed by atoms with E-state index < -0.39 is 0 Å². The van der Waals surface area contributed by atoms with E-state index in [4.69, 9.17) is 4.74 Å². The zero-order valence-corrected chi connectivity index (χ0v) is 10.9. The molecule has 1 aliphatic heterocycles. The molecule has 4 nitrogen and oxygen atoms in total. The number of carbonyl (C=O) groups is 1. The summed E-state index contributed by atoms with van der Waals surface area (Å²) in [4.78, 5) is 11.7. The van der Waals surface area contributed by atoms with Crippen LogP contribution in [-0.2, 0) is 9.53 Å². The fourth-order valence-corrected chi connectivity index (χ4v) is 1.91. The summed E-state index contributed by atoms with van der Waals surface area (Å²) in [6.07, 6.45) is 1.89. The van der Waals surface area contributed by atoms with Crippen LogP contribution in [0, 0.1) is 5.92 Å². The molecule has 1 saturated heterocycles. The van der Waals surface area contributed by atoms with Crippen LogP contribution in [0.25, 0.3) is 0 Å². The summed E-state index contributed by atoms with van der Waals surface area (Å²) < 4.78 is 5.17. The summed E-state index contributed by atoms with van der Waals surface area (Å²) in [5.74, 6) is 0.367. The second-order valence-electron chi connectivity index (χ2n) is 4.06. The van der Waals surface area contributed by atoms with E-state index in [1.54, 1.807) is 0 Å². The predicted octanol–water partition coefficient (Wildman–Crippen LogP) is 0.949. The van der Waals surface area contributed by atoms with Crippen LogP contribution in [-0.4, -0.2) is 38.3 Å². The van der Waals surface area contributed by atoms with Crippen LogP contribution in [0.1, 0.15) is 26.7 Å². The van der Waals surface area contributed by atoms with Crippen LogP contribution >= 0.6 is 12.4 Å². The van der Waals surface area contributed by atoms with Gasteiger partial charge in [0.15, 0.2) is 0 Å². The normalized spacial score (nSPS) is 24.6. The van der Waals surface area contributed by atoms with Crippen molar-refractivity contribution in [1.29, 1.82) is 0 Å². The van der Waals surface area contributed by atoms with Gasteiger partial charge in [0, 0.05) is 25.1 Å². The molecule has 0 unspecified atom stereocenters. The summed E-state index contributed by atoms with van der Waals surface area (Å²) in [5, 5.41) is 6.25. The second kappa shape index (κ2) is 8.79. The SMILES string of the molecule is CCOCCNC(=O)[C@H]1CCN[C@@H](C)C1.Cl. The summed E-state index contributed by atoms with van der Waals surface area (Å²) in [7, 11) is 0. The Morgan fingerprint density at radius 1 is 1.56 bits per heavy atom. The average molecular weight is 251 g/mol. The fraction of sp³-hybridized carbons (Fsp3) is 0.909. The van der Waals surface area contributed by atoms with Crippen molar-refractivity contribution in [3.8, 4) is 0 Å². The number of piperidine rings is 1. The highest BCUT2D eigenvalue weighted by Crippen LogP contribution is 2.15. The molecule has 0 bridgehead atoms. The molecule has 0 spiro atoms. The van der Waals surface area contributed by atoms with Gasteiger partial charge in [-0.3, -0.25) is 4.79 Å². The van der Waals surface area contributed by atoms with Crippen LogP contribution < -0.4 is 10.6 Å². The standard InChI is InChI=1S/C11H22N2O2.ClH/c1-3-15-7-6-13-11(14)10-4-5-12-9(2)8-10;/h9-10,12H,3-8H2,1-2H3,(H,13,14);1H/t9-,10-;/m0./s1. The van der Waals surface area contributed by atoms with Gasteiger partial charge in [-0.15, -0.1) is 12.4 Å². The monoisotopic (exact) mass is 250 g/mol. The predicted molar refractivity (Wildman–Crippen MR) is 66.9 cm³/mol. The van der Waals surface area contributed by atoms with Gasteiger partial charge in [0.2, 0.25) is 5.91 Å². The van der Waals surface area contributed by atoms with E-state index in [0.29, 0.717) is 25.8 Å². The topological polar surface area (TPSA) is 50.4 Å². The maximum atomic E-state index is 11.7. The number of rotatable bonds is 5. The largest absolute Gasteiger partial charge is 0.380 e. The van der Waals surface area contributed by atoms with E-state index in [0.717, 1.165) is 19.4 Å². The minimum absolute atomic E-state index is 0. The number of ether oxygens (including phenoxy) is 1. The first-order valence-electron chi connectivity index (χ1n) is 5.83. The van der Waals surface area contributed by atoms with Crippen molar-refractivity contribution in [1.82, 2.24) is 10.6 Å². The van der Waals surface area contributed by atoms with Crippen molar-refractivity contribution in [2.45, 2.75) is 32.7 Å². The van der Waals surface area contributed by atoms with Gasteiger partial charge in [0.25, 0.3) is 0 Å². The Morgan fingerprint density at radius 3 is 2.94 bits per heavy atom. The molecule has 0 aromatic carbocycles. The molecule has 1 aliphatic rings. The van der Waals surface area contributed by atoms with Gasteiger partial charge in [-0.1, -0.05) is 0 Å². The van der Waals surface area contributed by atoms with Gasteiger partial charge in [0.05, 0.1) is 6.61 Å². The molecular formula is C11H23ClN2O2. The fourth-order valence-electron chi connectivity index (χ4n) is 1.91. The zero-order valence-electron chi connectivity index (χ0n) is 10.1. The van der Waals surface area contributed by atoms with Crippen LogP contribution in [0.2, 0.25) is 0 Å². The van der Waals surface area contributed by atoms with Crippen molar-refractivity contribution in [2.24, 2.45) is 5.92 Å². The van der Waals surface area contributed by atoms with Gasteiger partial charge < -0.3 is 15.4 Å². The lowest BCUT2D eigenvalue weighted by molar-refractivity contribution is -0.126. The lowest BCUT2D eigenvalue weighted by atomic mass is 9.92. The van der Waals surface area contributed by atoms with Gasteiger partial charge in [-0.25, -0.2) is 0 Å². The molecule has 2 N–H and O–H groups in total. The molecule has 0 aromatic rings. The highest BCUT2D eigenvalue weighted by Gasteiger charge is 2.23. The smallest absolute Gasteiger partial charge is 0.223 e. The average Bonchev–Trinajstić information content (AvgIpc) is 2.24. The third-order valence-electron chi connectivity index (χ3n) is 2.74. The van der Waals surface area contributed by atoms with E-state index in [9.17, 15) is 4.79 Å². The summed E-state index contributed by atoms with van der Waals surface area (Å²) >= 11 is 0. The van der Waals surface area contributed by atoms with E-state index in [1.807, 2.05) is 6.92 Å². The van der Waals surface area contributed by atoms with Crippen molar-refractivity contribution in [2.75, 3.05) is 26.3 Å². The Hall–Kier alpha value is -0.320. The van der Waals surface area contributed by atoms with E-state index in [1.165, 1.54) is 0 Å². The van der Waals surface area contributed by atoms with Crippen molar-refractivity contribution in [3.05, 3.63) is 0 Å². The van der Waals surface area contributed by atoms with E-state index in [2.05, 4.69) is 17.6 Å². The molecule has 96 valence electrons. The molecule has 0 aliphatic carbocycles. The molecule has 1 heterocycles. The zero-order chi connectivity index (χ0) is 11.1. The van der Waals surface area contributed by atoms with E-state index >= 15 is 0 Å². The second-order valence-corrected chi connectivity index (χ2v) is 4.06. The Labute approximate surface area is 104 Å². The van der Waals surface area contributed by atoms with Crippen LogP contribution in [0.4, 0.5) is 0 Å². The Balaban J connectivity index is 0.00000225. The minimum atomic E-state index is 0. The number of hydrogen-bond donors (Lipinski definition) is 2. The van der Waals surface area contributed by atoms with Gasteiger partial charge in [-0.05, 0) is 33.2 Å². The molecule has 5 heteroatoms. The maximum absolute atomic E-state index is 11.7. The lowest BCUT2D eigenvalue weighted by Gasteiger charge is -2.27. The summed E-state index contributed by atoms with van der Waals surface area (Å²) in [6, 6.07) is 0.460. The van der Waals surface area contributed by atoms with Crippen LogP contribution in [0.3, 0.4) is 0 Å². The molecule has 1 amide bonds. The first-order chi connectivity index (χ1) is 7.24. The maximum Gasteiger partial charge on any atom is 0.223 e. The molecule has 0 aromatic heterocycles. The van der Waals surface area contributed by atoms with Crippen molar-refractivity contribution < 1.29 is 9.53 Å². The van der Waals surface area contributed by atoms with Crippen LogP contribution in [0.5, 0.6) is 0 Å². The minimum Gasteiger partial charge on any atom is -0.380 e. The molecule has 2 atom stereocenters. The number of nitrogens with one attached hydrogen (secondary N) is 2. The molecule has 1 fully saturated rings. The number of amides is 1. The highest BCUT2D eigenvalue weighted by molar-refractivity contribution is 5.85. The van der Waals surface area contributed by atoms with E-state index in [-0.39, 0.29) is 24.2 Å². The molecular weight excluding hydrogens is 228 g/mol. The molecule has 0 radical (unpaired) electrons.